The van der Waals surface area contributed by atoms with Crippen LogP contribution in [0.5, 0.6) is 5.75 Å². The Hall–Kier alpha value is -2.66. The molecule has 0 radical (unpaired) electrons. The van der Waals surface area contributed by atoms with Crippen molar-refractivity contribution in [1.29, 1.82) is 0 Å². The maximum atomic E-state index is 13.7. The van der Waals surface area contributed by atoms with Gasteiger partial charge in [-0.25, -0.2) is 4.39 Å². The Kier molecular flexibility index (Phi) is 4.91. The third-order valence-electron chi connectivity index (χ3n) is 3.78. The molecule has 4 nitrogen and oxygen atoms in total. The van der Waals surface area contributed by atoms with Gasteiger partial charge in [0.15, 0.2) is 6.79 Å². The highest BCUT2D eigenvalue weighted by atomic mass is 19.1. The summed E-state index contributed by atoms with van der Waals surface area (Å²) in [6.45, 7) is 2.33. The van der Waals surface area contributed by atoms with E-state index in [2.05, 4.69) is 5.32 Å². The number of hydrogen-bond donors (Lipinski definition) is 1. The molecule has 1 aliphatic heterocycles. The number of fused-ring (bicyclic) bond motifs is 1. The lowest BCUT2D eigenvalue weighted by molar-refractivity contribution is -0.117. The van der Waals surface area contributed by atoms with Gasteiger partial charge < -0.3 is 14.8 Å². The highest BCUT2D eigenvalue weighted by Crippen LogP contribution is 2.30. The molecule has 3 rings (SSSR count). The van der Waals surface area contributed by atoms with E-state index in [-0.39, 0.29) is 24.6 Å². The van der Waals surface area contributed by atoms with E-state index < -0.39 is 0 Å². The number of carbonyl (C=O) groups excluding carboxylic acids is 1. The molecule has 0 aliphatic carbocycles. The van der Waals surface area contributed by atoms with Crippen LogP contribution in [0.3, 0.4) is 0 Å². The van der Waals surface area contributed by atoms with E-state index in [4.69, 9.17) is 9.47 Å². The Morgan fingerprint density at radius 3 is 2.88 bits per heavy atom. The zero-order chi connectivity index (χ0) is 16.9. The molecule has 1 N–H and O–H groups in total. The summed E-state index contributed by atoms with van der Waals surface area (Å²) in [5, 5.41) is 2.88. The van der Waals surface area contributed by atoms with Crippen LogP contribution < -0.4 is 10.1 Å². The van der Waals surface area contributed by atoms with E-state index in [0.717, 1.165) is 5.56 Å². The van der Waals surface area contributed by atoms with E-state index in [9.17, 15) is 9.18 Å². The summed E-state index contributed by atoms with van der Waals surface area (Å²) < 4.78 is 24.2. The van der Waals surface area contributed by atoms with E-state index in [1.165, 1.54) is 18.2 Å². The minimum atomic E-state index is -0.388. The van der Waals surface area contributed by atoms with Crippen LogP contribution in [0, 0.1) is 5.82 Å². The second-order valence-corrected chi connectivity index (χ2v) is 5.57. The zero-order valence-corrected chi connectivity index (χ0v) is 13.3. The van der Waals surface area contributed by atoms with Crippen LogP contribution >= 0.6 is 0 Å². The van der Waals surface area contributed by atoms with Gasteiger partial charge in [-0.1, -0.05) is 30.3 Å². The van der Waals surface area contributed by atoms with Crippen LogP contribution in [0.25, 0.3) is 6.08 Å². The first kappa shape index (κ1) is 16.2. The molecule has 0 saturated heterocycles. The third kappa shape index (κ3) is 3.81. The van der Waals surface area contributed by atoms with Crippen molar-refractivity contribution in [1.82, 2.24) is 5.32 Å². The monoisotopic (exact) mass is 327 g/mol. The molecule has 0 spiro atoms. The molecule has 1 heterocycles. The molecule has 24 heavy (non-hydrogen) atoms. The highest BCUT2D eigenvalue weighted by molar-refractivity contribution is 5.92. The average Bonchev–Trinajstić information content (AvgIpc) is 2.60. The molecule has 1 aliphatic rings. The Morgan fingerprint density at radius 2 is 2.08 bits per heavy atom. The van der Waals surface area contributed by atoms with Gasteiger partial charge in [-0.2, -0.15) is 0 Å². The maximum absolute atomic E-state index is 13.7. The summed E-state index contributed by atoms with van der Waals surface area (Å²) in [4.78, 5) is 12.1. The van der Waals surface area contributed by atoms with Crippen LogP contribution in [0.4, 0.5) is 4.39 Å². The van der Waals surface area contributed by atoms with Crippen molar-refractivity contribution in [2.24, 2.45) is 0 Å². The van der Waals surface area contributed by atoms with Crippen molar-refractivity contribution in [3.05, 3.63) is 71.0 Å². The molecule has 0 aromatic heterocycles. The van der Waals surface area contributed by atoms with Crippen LogP contribution in [0.1, 0.15) is 29.7 Å². The molecule has 0 saturated carbocycles. The van der Waals surface area contributed by atoms with Gasteiger partial charge in [-0.3, -0.25) is 4.79 Å². The fourth-order valence-electron chi connectivity index (χ4n) is 2.58. The van der Waals surface area contributed by atoms with Crippen molar-refractivity contribution >= 4 is 12.0 Å². The smallest absolute Gasteiger partial charge is 0.244 e. The quantitative estimate of drug-likeness (QED) is 0.873. The van der Waals surface area contributed by atoms with E-state index >= 15 is 0 Å². The largest absolute Gasteiger partial charge is 0.467 e. The third-order valence-corrected chi connectivity index (χ3v) is 3.78. The summed E-state index contributed by atoms with van der Waals surface area (Å²) in [5.74, 6) is -0.0835. The molecule has 2 aromatic carbocycles. The van der Waals surface area contributed by atoms with Gasteiger partial charge in [0.1, 0.15) is 11.6 Å². The standard InChI is InChI=1S/C19H18FNO3/c1-13(14-5-3-2-4-6-14)21-18(22)8-7-15-9-17(20)10-16-11-23-12-24-19(15)16/h2-10,13H,11-12H2,1H3,(H,21,22)/b8-7+. The first-order valence-corrected chi connectivity index (χ1v) is 7.70. The van der Waals surface area contributed by atoms with Gasteiger partial charge in [0.05, 0.1) is 12.6 Å². The molecule has 1 atom stereocenters. The van der Waals surface area contributed by atoms with Gasteiger partial charge in [0.25, 0.3) is 0 Å². The molecule has 0 fully saturated rings. The van der Waals surface area contributed by atoms with Gasteiger partial charge in [-0.15, -0.1) is 0 Å². The second-order valence-electron chi connectivity index (χ2n) is 5.57. The fourth-order valence-corrected chi connectivity index (χ4v) is 2.58. The number of carbonyl (C=O) groups is 1. The molecule has 124 valence electrons. The molecule has 0 bridgehead atoms. The van der Waals surface area contributed by atoms with Gasteiger partial charge in [0, 0.05) is 17.2 Å². The lowest BCUT2D eigenvalue weighted by atomic mass is 10.1. The number of rotatable bonds is 4. The number of halogens is 1. The summed E-state index contributed by atoms with van der Waals surface area (Å²) in [7, 11) is 0. The molecular weight excluding hydrogens is 309 g/mol. The Morgan fingerprint density at radius 1 is 1.29 bits per heavy atom. The van der Waals surface area contributed by atoms with Crippen LogP contribution in [0.2, 0.25) is 0 Å². The maximum Gasteiger partial charge on any atom is 0.244 e. The van der Waals surface area contributed by atoms with E-state index in [0.29, 0.717) is 23.5 Å². The second kappa shape index (κ2) is 7.27. The number of amides is 1. The molecule has 5 heteroatoms. The predicted octanol–water partition coefficient (Wildman–Crippen LogP) is 3.58. The number of hydrogen-bond acceptors (Lipinski definition) is 3. The van der Waals surface area contributed by atoms with Crippen LogP contribution in [0.15, 0.2) is 48.5 Å². The van der Waals surface area contributed by atoms with Gasteiger partial charge in [0.2, 0.25) is 5.91 Å². The molecule has 1 amide bonds. The first-order valence-electron chi connectivity index (χ1n) is 7.70. The van der Waals surface area contributed by atoms with Crippen molar-refractivity contribution in [2.45, 2.75) is 19.6 Å². The van der Waals surface area contributed by atoms with Crippen LogP contribution in [-0.4, -0.2) is 12.7 Å². The summed E-state index contributed by atoms with van der Waals surface area (Å²) in [5.41, 5.74) is 2.18. The minimum Gasteiger partial charge on any atom is -0.467 e. The van der Waals surface area contributed by atoms with Gasteiger partial charge >= 0.3 is 0 Å². The first-order chi connectivity index (χ1) is 11.6. The van der Waals surface area contributed by atoms with Gasteiger partial charge in [-0.05, 0) is 30.7 Å². The van der Waals surface area contributed by atoms with E-state index in [1.54, 1.807) is 6.08 Å². The Labute approximate surface area is 139 Å². The Balaban J connectivity index is 1.72. The van der Waals surface area contributed by atoms with Crippen LogP contribution in [-0.2, 0) is 16.1 Å². The van der Waals surface area contributed by atoms with Crippen molar-refractivity contribution in [2.75, 3.05) is 6.79 Å². The molecule has 2 aromatic rings. The Bertz CT molecular complexity index is 759. The topological polar surface area (TPSA) is 47.6 Å². The molecule has 1 unspecified atom stereocenters. The normalized spacial score (nSPS) is 14.8. The lowest BCUT2D eigenvalue weighted by Crippen LogP contribution is -2.24. The van der Waals surface area contributed by atoms with Crippen molar-refractivity contribution < 1.29 is 18.7 Å². The predicted molar refractivity (Wildman–Crippen MR) is 88.7 cm³/mol. The fraction of sp³-hybridized carbons (Fsp3) is 0.211. The number of ether oxygens (including phenoxy) is 2. The lowest BCUT2D eigenvalue weighted by Gasteiger charge is -2.19. The summed E-state index contributed by atoms with van der Waals surface area (Å²) in [6.07, 6.45) is 2.94. The zero-order valence-electron chi connectivity index (χ0n) is 13.3. The summed E-state index contributed by atoms with van der Waals surface area (Å²) in [6, 6.07) is 12.3. The average molecular weight is 327 g/mol. The number of benzene rings is 2. The summed E-state index contributed by atoms with van der Waals surface area (Å²) >= 11 is 0. The van der Waals surface area contributed by atoms with E-state index in [1.807, 2.05) is 37.3 Å². The number of nitrogens with one attached hydrogen (secondary N) is 1. The minimum absolute atomic E-state index is 0.116. The van der Waals surface area contributed by atoms with Crippen molar-refractivity contribution in [3.63, 3.8) is 0 Å². The SMILES string of the molecule is CC(NC(=O)/C=C/c1cc(F)cc2c1OCOC2)c1ccccc1. The highest BCUT2D eigenvalue weighted by Gasteiger charge is 2.16. The van der Waals surface area contributed by atoms with Crippen molar-refractivity contribution in [3.8, 4) is 5.75 Å². The molecular formula is C19H18FNO3.